The molecule has 0 unspecified atom stereocenters. The third-order valence-corrected chi connectivity index (χ3v) is 1.71. The number of benzene rings is 1. The zero-order chi connectivity index (χ0) is 11.6. The van der Waals surface area contributed by atoms with Crippen LogP contribution in [0.3, 0.4) is 0 Å². The Balaban J connectivity index is 2.54. The Bertz CT molecular complexity index is 402. The zero-order valence-corrected chi connectivity index (χ0v) is 9.46. The topological polar surface area (TPSA) is 18.5 Å². The largest absolute Gasteiger partial charge is 0.481 e. The highest BCUT2D eigenvalue weighted by molar-refractivity contribution is 5.32. The first-order valence-corrected chi connectivity index (χ1v) is 4.93. The van der Waals surface area contributed by atoms with Crippen LogP contribution >= 0.6 is 0 Å². The highest BCUT2D eigenvalue weighted by Gasteiger charge is 1.96. The van der Waals surface area contributed by atoms with E-state index in [1.54, 1.807) is 26.0 Å². The summed E-state index contributed by atoms with van der Waals surface area (Å²) >= 11 is 0. The molecular formula is C14H13O2. The third kappa shape index (κ3) is 4.44. The predicted octanol–water partition coefficient (Wildman–Crippen LogP) is 2.29. The molecule has 0 saturated carbocycles. The lowest BCUT2D eigenvalue weighted by molar-refractivity contribution is 0.351. The second-order valence-electron chi connectivity index (χ2n) is 2.82. The monoisotopic (exact) mass is 213 g/mol. The molecule has 0 aliphatic carbocycles. The Hall–Kier alpha value is -2.06. The summed E-state index contributed by atoms with van der Waals surface area (Å²) in [7, 11) is 0. The van der Waals surface area contributed by atoms with Crippen LogP contribution < -0.4 is 9.47 Å². The standard InChI is InChI=1S/C14H13O2/c1-3-5-10-15-13-8-7-9-14(12-13)16-11-6-4-2/h7-8,12H,10-11H2,1-2H3. The van der Waals surface area contributed by atoms with E-state index in [1.165, 1.54) is 0 Å². The summed E-state index contributed by atoms with van der Waals surface area (Å²) in [6.45, 7) is 4.30. The van der Waals surface area contributed by atoms with Gasteiger partial charge in [0.25, 0.3) is 0 Å². The van der Waals surface area contributed by atoms with Crippen LogP contribution in [0.5, 0.6) is 11.5 Å². The normalized spacial score (nSPS) is 8.12. The molecule has 0 saturated heterocycles. The Labute approximate surface area is 96.6 Å². The summed E-state index contributed by atoms with van der Waals surface area (Å²) in [5.74, 6) is 12.5. The van der Waals surface area contributed by atoms with Gasteiger partial charge in [0.1, 0.15) is 24.7 Å². The molecule has 1 rings (SSSR count). The van der Waals surface area contributed by atoms with Crippen molar-refractivity contribution < 1.29 is 9.47 Å². The van der Waals surface area contributed by atoms with E-state index in [4.69, 9.17) is 9.47 Å². The fraction of sp³-hybridized carbons (Fsp3) is 0.286. The van der Waals surface area contributed by atoms with Crippen molar-refractivity contribution >= 4 is 0 Å². The van der Waals surface area contributed by atoms with E-state index in [0.717, 1.165) is 5.75 Å². The summed E-state index contributed by atoms with van der Waals surface area (Å²) in [4.78, 5) is 0. The maximum absolute atomic E-state index is 5.38. The van der Waals surface area contributed by atoms with E-state index in [0.29, 0.717) is 19.0 Å². The smallest absolute Gasteiger partial charge is 0.149 e. The van der Waals surface area contributed by atoms with Gasteiger partial charge in [-0.05, 0) is 26.0 Å². The number of rotatable bonds is 4. The van der Waals surface area contributed by atoms with Crippen molar-refractivity contribution in [1.82, 2.24) is 0 Å². The fourth-order valence-corrected chi connectivity index (χ4v) is 0.976. The molecular weight excluding hydrogens is 200 g/mol. The van der Waals surface area contributed by atoms with Crippen molar-refractivity contribution in [3.05, 3.63) is 24.3 Å². The first-order valence-electron chi connectivity index (χ1n) is 4.93. The van der Waals surface area contributed by atoms with Crippen LogP contribution in [0.1, 0.15) is 13.8 Å². The second-order valence-corrected chi connectivity index (χ2v) is 2.82. The molecule has 2 heteroatoms. The van der Waals surface area contributed by atoms with Gasteiger partial charge in [-0.2, -0.15) is 0 Å². The van der Waals surface area contributed by atoms with Gasteiger partial charge in [-0.1, -0.05) is 11.8 Å². The molecule has 0 amide bonds. The molecule has 0 bridgehead atoms. The Morgan fingerprint density at radius 3 is 2.50 bits per heavy atom. The molecule has 0 aliphatic rings. The van der Waals surface area contributed by atoms with Crippen LogP contribution in [0.25, 0.3) is 0 Å². The van der Waals surface area contributed by atoms with Gasteiger partial charge in [0.2, 0.25) is 0 Å². The van der Waals surface area contributed by atoms with Crippen LogP contribution in [-0.4, -0.2) is 13.2 Å². The highest BCUT2D eigenvalue weighted by atomic mass is 16.5. The maximum Gasteiger partial charge on any atom is 0.149 e. The van der Waals surface area contributed by atoms with Gasteiger partial charge in [-0.25, -0.2) is 0 Å². The molecule has 0 N–H and O–H groups in total. The summed E-state index contributed by atoms with van der Waals surface area (Å²) in [5, 5.41) is 0. The van der Waals surface area contributed by atoms with Crippen LogP contribution in [0.2, 0.25) is 0 Å². The molecule has 16 heavy (non-hydrogen) atoms. The minimum Gasteiger partial charge on any atom is -0.481 e. The van der Waals surface area contributed by atoms with Crippen LogP contribution in [0.4, 0.5) is 0 Å². The number of ether oxygens (including phenoxy) is 2. The Kier molecular flexibility index (Phi) is 5.45. The van der Waals surface area contributed by atoms with Gasteiger partial charge in [-0.3, -0.25) is 0 Å². The molecule has 0 spiro atoms. The van der Waals surface area contributed by atoms with Crippen molar-refractivity contribution in [2.24, 2.45) is 0 Å². The Morgan fingerprint density at radius 2 is 1.81 bits per heavy atom. The predicted molar refractivity (Wildman–Crippen MR) is 63.2 cm³/mol. The van der Waals surface area contributed by atoms with E-state index in [9.17, 15) is 0 Å². The van der Waals surface area contributed by atoms with E-state index in [1.807, 2.05) is 6.07 Å². The summed E-state index contributed by atoms with van der Waals surface area (Å²) < 4.78 is 10.7. The second kappa shape index (κ2) is 7.26. The van der Waals surface area contributed by atoms with Gasteiger partial charge >= 0.3 is 0 Å². The molecule has 1 radical (unpaired) electrons. The lowest BCUT2D eigenvalue weighted by Gasteiger charge is -2.05. The first-order chi connectivity index (χ1) is 7.86. The van der Waals surface area contributed by atoms with Crippen molar-refractivity contribution in [3.63, 3.8) is 0 Å². The number of hydrogen-bond donors (Lipinski definition) is 0. The van der Waals surface area contributed by atoms with Crippen LogP contribution in [-0.2, 0) is 0 Å². The minimum atomic E-state index is 0.366. The van der Waals surface area contributed by atoms with E-state index in [-0.39, 0.29) is 0 Å². The molecule has 0 fully saturated rings. The molecule has 81 valence electrons. The van der Waals surface area contributed by atoms with Gasteiger partial charge in [0, 0.05) is 12.1 Å². The van der Waals surface area contributed by atoms with Crippen LogP contribution in [0, 0.1) is 29.7 Å². The average molecular weight is 213 g/mol. The quantitative estimate of drug-likeness (QED) is 0.714. The highest BCUT2D eigenvalue weighted by Crippen LogP contribution is 2.18. The van der Waals surface area contributed by atoms with Crippen molar-refractivity contribution in [2.75, 3.05) is 13.2 Å². The third-order valence-electron chi connectivity index (χ3n) is 1.71. The molecule has 0 heterocycles. The van der Waals surface area contributed by atoms with Gasteiger partial charge < -0.3 is 9.47 Å². The molecule has 1 aromatic carbocycles. The van der Waals surface area contributed by atoms with Crippen molar-refractivity contribution in [1.29, 1.82) is 0 Å². The maximum atomic E-state index is 5.38. The average Bonchev–Trinajstić information content (AvgIpc) is 2.30. The summed E-state index contributed by atoms with van der Waals surface area (Å²) in [5.41, 5.74) is 0. The number of hydrogen-bond acceptors (Lipinski definition) is 2. The van der Waals surface area contributed by atoms with Crippen molar-refractivity contribution in [2.45, 2.75) is 13.8 Å². The van der Waals surface area contributed by atoms with E-state index >= 15 is 0 Å². The van der Waals surface area contributed by atoms with E-state index in [2.05, 4.69) is 29.7 Å². The van der Waals surface area contributed by atoms with E-state index < -0.39 is 0 Å². The fourth-order valence-electron chi connectivity index (χ4n) is 0.976. The lowest BCUT2D eigenvalue weighted by Crippen LogP contribution is -1.96. The van der Waals surface area contributed by atoms with Gasteiger partial charge in [0.15, 0.2) is 0 Å². The van der Waals surface area contributed by atoms with Gasteiger partial charge in [0.05, 0.1) is 0 Å². The molecule has 2 nitrogen and oxygen atoms in total. The Morgan fingerprint density at radius 1 is 1.12 bits per heavy atom. The SMILES string of the molecule is CC#CCOc1[c]ccc(OCC#CC)c1. The summed E-state index contributed by atoms with van der Waals surface area (Å²) in [6.07, 6.45) is 0. The molecule has 0 aromatic heterocycles. The summed E-state index contributed by atoms with van der Waals surface area (Å²) in [6, 6.07) is 8.29. The van der Waals surface area contributed by atoms with Crippen LogP contribution in [0.15, 0.2) is 18.2 Å². The first kappa shape index (κ1) is 12.0. The molecule has 1 aromatic rings. The van der Waals surface area contributed by atoms with Gasteiger partial charge in [-0.15, -0.1) is 11.8 Å². The molecule has 0 atom stereocenters. The molecule has 0 aliphatic heterocycles. The minimum absolute atomic E-state index is 0.366. The zero-order valence-electron chi connectivity index (χ0n) is 9.46. The lowest BCUT2D eigenvalue weighted by atomic mass is 10.3. The van der Waals surface area contributed by atoms with Crippen molar-refractivity contribution in [3.8, 4) is 35.2 Å².